The van der Waals surface area contributed by atoms with E-state index in [1.807, 2.05) is 56.3 Å². The maximum Gasteiger partial charge on any atom is 0.290 e. The molecule has 0 aliphatic rings. The molecule has 3 rings (SSSR count). The van der Waals surface area contributed by atoms with Gasteiger partial charge in [-0.25, -0.2) is 9.67 Å². The number of benzene rings is 2. The van der Waals surface area contributed by atoms with Gasteiger partial charge in [0.25, 0.3) is 5.91 Å². The van der Waals surface area contributed by atoms with E-state index < -0.39 is 0 Å². The number of rotatable bonds is 5. The fourth-order valence-corrected chi connectivity index (χ4v) is 2.60. The summed E-state index contributed by atoms with van der Waals surface area (Å²) in [5.74, 6) is 0.438. The molecule has 1 amide bonds. The van der Waals surface area contributed by atoms with E-state index in [2.05, 4.69) is 15.4 Å². The number of nitrogens with zero attached hydrogens (tertiary/aromatic N) is 3. The molecule has 3 aromatic rings. The maximum atomic E-state index is 12.3. The number of halogens is 1. The normalized spacial score (nSPS) is 10.7. The molecule has 0 atom stereocenters. The lowest BCUT2D eigenvalue weighted by molar-refractivity contribution is 0.0943. The quantitative estimate of drug-likeness (QED) is 0.752. The van der Waals surface area contributed by atoms with Crippen LogP contribution < -0.4 is 5.32 Å². The second-order valence-corrected chi connectivity index (χ2v) is 6.21. The molecule has 128 valence electrons. The van der Waals surface area contributed by atoms with Gasteiger partial charge in [0.2, 0.25) is 5.82 Å². The Kier molecular flexibility index (Phi) is 5.14. The van der Waals surface area contributed by atoms with Gasteiger partial charge in [-0.3, -0.25) is 4.79 Å². The summed E-state index contributed by atoms with van der Waals surface area (Å²) in [7, 11) is 0. The van der Waals surface area contributed by atoms with Crippen molar-refractivity contribution in [1.82, 2.24) is 20.1 Å². The van der Waals surface area contributed by atoms with E-state index in [1.54, 1.807) is 10.7 Å². The Bertz CT molecular complexity index is 887. The van der Waals surface area contributed by atoms with Gasteiger partial charge in [0.15, 0.2) is 5.82 Å². The first kappa shape index (κ1) is 17.2. The van der Waals surface area contributed by atoms with E-state index >= 15 is 0 Å². The van der Waals surface area contributed by atoms with Gasteiger partial charge in [0.05, 0.1) is 5.69 Å². The second kappa shape index (κ2) is 7.49. The number of hydrogen-bond acceptors (Lipinski definition) is 3. The molecule has 0 bridgehead atoms. The van der Waals surface area contributed by atoms with E-state index in [0.717, 1.165) is 23.2 Å². The summed E-state index contributed by atoms with van der Waals surface area (Å²) in [6.07, 6.45) is 0.853. The first-order valence-electron chi connectivity index (χ1n) is 8.16. The Hall–Kier alpha value is -2.66. The van der Waals surface area contributed by atoms with E-state index in [9.17, 15) is 4.79 Å². The average Bonchev–Trinajstić information content (AvgIpc) is 3.06. The molecule has 5 nitrogen and oxygen atoms in total. The van der Waals surface area contributed by atoms with Gasteiger partial charge in [-0.1, -0.05) is 48.4 Å². The minimum Gasteiger partial charge on any atom is -0.349 e. The van der Waals surface area contributed by atoms with Gasteiger partial charge in [-0.15, -0.1) is 5.10 Å². The molecule has 0 unspecified atom stereocenters. The van der Waals surface area contributed by atoms with Crippen LogP contribution in [-0.4, -0.2) is 27.2 Å². The van der Waals surface area contributed by atoms with E-state index in [-0.39, 0.29) is 11.7 Å². The number of aryl methyl sites for hydroxylation is 1. The summed E-state index contributed by atoms with van der Waals surface area (Å²) in [5.41, 5.74) is 2.78. The smallest absolute Gasteiger partial charge is 0.290 e. The number of carbonyl (C=O) groups is 1. The molecule has 0 radical (unpaired) electrons. The van der Waals surface area contributed by atoms with Crippen LogP contribution in [0.4, 0.5) is 0 Å². The lowest BCUT2D eigenvalue weighted by Crippen LogP contribution is -2.25. The van der Waals surface area contributed by atoms with Gasteiger partial charge < -0.3 is 5.32 Å². The van der Waals surface area contributed by atoms with Gasteiger partial charge in [-0.05, 0) is 37.6 Å². The van der Waals surface area contributed by atoms with Crippen LogP contribution in [0.2, 0.25) is 5.02 Å². The van der Waals surface area contributed by atoms with Crippen molar-refractivity contribution >= 4 is 17.5 Å². The first-order chi connectivity index (χ1) is 12.1. The molecule has 1 aromatic heterocycles. The van der Waals surface area contributed by atoms with E-state index in [0.29, 0.717) is 17.4 Å². The summed E-state index contributed by atoms with van der Waals surface area (Å²) in [6, 6.07) is 15.2. The molecule has 6 heteroatoms. The van der Waals surface area contributed by atoms with Crippen molar-refractivity contribution in [2.45, 2.75) is 20.3 Å². The molecule has 1 heterocycles. The highest BCUT2D eigenvalue weighted by Gasteiger charge is 2.18. The predicted molar refractivity (Wildman–Crippen MR) is 99.2 cm³/mol. The zero-order chi connectivity index (χ0) is 17.8. The third-order valence-electron chi connectivity index (χ3n) is 3.71. The van der Waals surface area contributed by atoms with Crippen LogP contribution in [0.1, 0.15) is 29.5 Å². The highest BCUT2D eigenvalue weighted by molar-refractivity contribution is 6.30. The van der Waals surface area contributed by atoms with Crippen LogP contribution in [-0.2, 0) is 0 Å². The van der Waals surface area contributed by atoms with Gasteiger partial charge >= 0.3 is 0 Å². The van der Waals surface area contributed by atoms with Gasteiger partial charge in [0.1, 0.15) is 0 Å². The monoisotopic (exact) mass is 354 g/mol. The Morgan fingerprint density at radius 2 is 1.96 bits per heavy atom. The summed E-state index contributed by atoms with van der Waals surface area (Å²) in [4.78, 5) is 16.7. The summed E-state index contributed by atoms with van der Waals surface area (Å²) < 4.78 is 1.67. The SMILES string of the molecule is CCCNC(=O)c1nc(-c2cccc(Cl)c2)n(-c2ccc(C)cc2)n1. The largest absolute Gasteiger partial charge is 0.349 e. The molecule has 0 spiro atoms. The molecule has 0 saturated heterocycles. The van der Waals surface area contributed by atoms with Crippen molar-refractivity contribution in [2.75, 3.05) is 6.54 Å². The highest BCUT2D eigenvalue weighted by Crippen LogP contribution is 2.24. The topological polar surface area (TPSA) is 59.8 Å². The fraction of sp³-hybridized carbons (Fsp3) is 0.211. The van der Waals surface area contributed by atoms with Crippen LogP contribution in [0.25, 0.3) is 17.1 Å². The standard InChI is InChI=1S/C19H19ClN4O/c1-3-11-21-19(25)17-22-18(14-5-4-6-15(20)12-14)24(23-17)16-9-7-13(2)8-10-16/h4-10,12H,3,11H2,1-2H3,(H,21,25). The summed E-state index contributed by atoms with van der Waals surface area (Å²) in [5, 5.41) is 7.83. The third-order valence-corrected chi connectivity index (χ3v) is 3.94. The molecule has 0 fully saturated rings. The predicted octanol–water partition coefficient (Wildman–Crippen LogP) is 4.04. The van der Waals surface area contributed by atoms with Crippen LogP contribution in [0.5, 0.6) is 0 Å². The van der Waals surface area contributed by atoms with Gasteiger partial charge in [-0.2, -0.15) is 0 Å². The summed E-state index contributed by atoms with van der Waals surface area (Å²) >= 11 is 6.12. The van der Waals surface area contributed by atoms with Crippen LogP contribution in [0.15, 0.2) is 48.5 Å². The van der Waals surface area contributed by atoms with Crippen LogP contribution >= 0.6 is 11.6 Å². The van der Waals surface area contributed by atoms with E-state index in [1.165, 1.54) is 0 Å². The third kappa shape index (κ3) is 3.88. The molecule has 0 aliphatic carbocycles. The first-order valence-corrected chi connectivity index (χ1v) is 8.54. The molecule has 25 heavy (non-hydrogen) atoms. The Morgan fingerprint density at radius 1 is 1.20 bits per heavy atom. The Labute approximate surface area is 151 Å². The fourth-order valence-electron chi connectivity index (χ4n) is 2.41. The van der Waals surface area contributed by atoms with Crippen molar-refractivity contribution < 1.29 is 4.79 Å². The molecular formula is C19H19ClN4O. The minimum absolute atomic E-state index is 0.143. The van der Waals surface area contributed by atoms with Crippen molar-refractivity contribution in [3.05, 3.63) is 64.9 Å². The molecular weight excluding hydrogens is 336 g/mol. The van der Waals surface area contributed by atoms with Crippen LogP contribution in [0, 0.1) is 6.92 Å². The molecule has 1 N–H and O–H groups in total. The van der Waals surface area contributed by atoms with Crippen LogP contribution in [0.3, 0.4) is 0 Å². The molecule has 2 aromatic carbocycles. The van der Waals surface area contributed by atoms with Crippen molar-refractivity contribution in [1.29, 1.82) is 0 Å². The number of carbonyl (C=O) groups excluding carboxylic acids is 1. The lowest BCUT2D eigenvalue weighted by Gasteiger charge is -2.06. The zero-order valence-electron chi connectivity index (χ0n) is 14.2. The van der Waals surface area contributed by atoms with Crippen molar-refractivity contribution in [3.63, 3.8) is 0 Å². The van der Waals surface area contributed by atoms with Crippen molar-refractivity contribution in [3.8, 4) is 17.1 Å². The van der Waals surface area contributed by atoms with E-state index in [4.69, 9.17) is 11.6 Å². The highest BCUT2D eigenvalue weighted by atomic mass is 35.5. The number of nitrogens with one attached hydrogen (secondary N) is 1. The average molecular weight is 355 g/mol. The Morgan fingerprint density at radius 3 is 2.64 bits per heavy atom. The number of hydrogen-bond donors (Lipinski definition) is 1. The second-order valence-electron chi connectivity index (χ2n) is 5.77. The lowest BCUT2D eigenvalue weighted by atomic mass is 10.2. The van der Waals surface area contributed by atoms with Gasteiger partial charge in [0, 0.05) is 17.1 Å². The zero-order valence-corrected chi connectivity index (χ0v) is 14.9. The molecule has 0 aliphatic heterocycles. The molecule has 0 saturated carbocycles. The Balaban J connectivity index is 2.09. The number of amides is 1. The number of aromatic nitrogens is 3. The minimum atomic E-state index is -0.281. The van der Waals surface area contributed by atoms with Crippen molar-refractivity contribution in [2.24, 2.45) is 0 Å². The maximum absolute atomic E-state index is 12.3. The summed E-state index contributed by atoms with van der Waals surface area (Å²) in [6.45, 7) is 4.60.